The summed E-state index contributed by atoms with van der Waals surface area (Å²) in [4.78, 5) is 0. The van der Waals surface area contributed by atoms with Crippen molar-refractivity contribution in [2.24, 2.45) is 0 Å². The minimum atomic E-state index is -0.824. The molecule has 1 nitrogen and oxygen atoms in total. The van der Waals surface area contributed by atoms with E-state index in [0.29, 0.717) is 5.75 Å². The normalized spacial score (nSPS) is 10.4. The van der Waals surface area contributed by atoms with Crippen LogP contribution >= 0.6 is 11.6 Å². The monoisotopic (exact) mass is 254 g/mol. The van der Waals surface area contributed by atoms with E-state index < -0.39 is 17.4 Å². The zero-order chi connectivity index (χ0) is 12.4. The van der Waals surface area contributed by atoms with Crippen LogP contribution in [0, 0.1) is 18.6 Å². The van der Waals surface area contributed by atoms with Crippen LogP contribution in [0.5, 0.6) is 11.5 Å². The predicted molar refractivity (Wildman–Crippen MR) is 62.6 cm³/mol. The molecule has 0 aliphatic carbocycles. The lowest BCUT2D eigenvalue weighted by Gasteiger charge is -2.08. The van der Waals surface area contributed by atoms with Crippen molar-refractivity contribution < 1.29 is 13.5 Å². The first kappa shape index (κ1) is 11.9. The third-order valence-corrected chi connectivity index (χ3v) is 2.42. The van der Waals surface area contributed by atoms with Gasteiger partial charge in [0.1, 0.15) is 5.75 Å². The number of hydrogen-bond donors (Lipinski definition) is 0. The van der Waals surface area contributed by atoms with Gasteiger partial charge in [-0.15, -0.1) is 0 Å². The van der Waals surface area contributed by atoms with E-state index in [9.17, 15) is 8.78 Å². The summed E-state index contributed by atoms with van der Waals surface area (Å²) in [7, 11) is 0. The number of rotatable bonds is 2. The highest BCUT2D eigenvalue weighted by atomic mass is 35.5. The molecule has 0 aliphatic heterocycles. The van der Waals surface area contributed by atoms with Gasteiger partial charge in [0, 0.05) is 5.02 Å². The number of benzene rings is 2. The molecule has 4 heteroatoms. The molecule has 0 heterocycles. The van der Waals surface area contributed by atoms with Gasteiger partial charge in [0.25, 0.3) is 0 Å². The number of aryl methyl sites for hydroxylation is 1. The SMILES string of the molecule is Cc1ccc(Oc2c(F)cc(Cl)cc2F)cc1. The molecule has 0 radical (unpaired) electrons. The van der Waals surface area contributed by atoms with Crippen LogP contribution in [0.25, 0.3) is 0 Å². The topological polar surface area (TPSA) is 9.23 Å². The van der Waals surface area contributed by atoms with Crippen LogP contribution in [0.2, 0.25) is 5.02 Å². The Morgan fingerprint density at radius 3 is 2.06 bits per heavy atom. The van der Waals surface area contributed by atoms with Crippen LogP contribution in [0.1, 0.15) is 5.56 Å². The van der Waals surface area contributed by atoms with Gasteiger partial charge in [0.15, 0.2) is 17.4 Å². The van der Waals surface area contributed by atoms with Gasteiger partial charge < -0.3 is 4.74 Å². The highest BCUT2D eigenvalue weighted by Gasteiger charge is 2.12. The molecule has 0 N–H and O–H groups in total. The van der Waals surface area contributed by atoms with E-state index in [1.807, 2.05) is 6.92 Å². The Morgan fingerprint density at radius 2 is 1.53 bits per heavy atom. The maximum absolute atomic E-state index is 13.4. The second-order valence-corrected chi connectivity index (χ2v) is 4.05. The molecule has 0 saturated heterocycles. The van der Waals surface area contributed by atoms with E-state index >= 15 is 0 Å². The van der Waals surface area contributed by atoms with Gasteiger partial charge >= 0.3 is 0 Å². The molecule has 17 heavy (non-hydrogen) atoms. The molecule has 0 fully saturated rings. The van der Waals surface area contributed by atoms with Crippen molar-refractivity contribution in [3.05, 3.63) is 58.6 Å². The van der Waals surface area contributed by atoms with E-state index in [4.69, 9.17) is 16.3 Å². The van der Waals surface area contributed by atoms with Crippen molar-refractivity contribution in [2.45, 2.75) is 6.92 Å². The van der Waals surface area contributed by atoms with E-state index in [-0.39, 0.29) is 5.02 Å². The standard InChI is InChI=1S/C13H9ClF2O/c1-8-2-4-10(5-3-8)17-13-11(15)6-9(14)7-12(13)16/h2-7H,1H3. The summed E-state index contributed by atoms with van der Waals surface area (Å²) in [6.07, 6.45) is 0. The van der Waals surface area contributed by atoms with Gasteiger partial charge in [0.2, 0.25) is 0 Å². The van der Waals surface area contributed by atoms with Crippen molar-refractivity contribution in [3.8, 4) is 11.5 Å². The summed E-state index contributed by atoms with van der Waals surface area (Å²) >= 11 is 5.51. The molecule has 2 rings (SSSR count). The van der Waals surface area contributed by atoms with Crippen molar-refractivity contribution in [3.63, 3.8) is 0 Å². The summed E-state index contributed by atoms with van der Waals surface area (Å²) in [6.45, 7) is 1.91. The molecule has 2 aromatic rings. The lowest BCUT2D eigenvalue weighted by molar-refractivity contribution is 0.407. The van der Waals surface area contributed by atoms with Crippen molar-refractivity contribution in [1.82, 2.24) is 0 Å². The maximum Gasteiger partial charge on any atom is 0.198 e. The molecular formula is C13H9ClF2O. The molecule has 0 spiro atoms. The molecular weight excluding hydrogens is 246 g/mol. The van der Waals surface area contributed by atoms with E-state index in [1.54, 1.807) is 24.3 Å². The predicted octanol–water partition coefficient (Wildman–Crippen LogP) is 4.72. The first-order valence-corrected chi connectivity index (χ1v) is 5.33. The summed E-state index contributed by atoms with van der Waals surface area (Å²) in [5, 5.41) is -0.00347. The van der Waals surface area contributed by atoms with Gasteiger partial charge in [-0.25, -0.2) is 8.78 Å². The van der Waals surface area contributed by atoms with Crippen molar-refractivity contribution in [1.29, 1.82) is 0 Å². The second-order valence-electron chi connectivity index (χ2n) is 3.61. The van der Waals surface area contributed by atoms with Gasteiger partial charge in [-0.2, -0.15) is 0 Å². The van der Waals surface area contributed by atoms with E-state index in [0.717, 1.165) is 17.7 Å². The second kappa shape index (κ2) is 4.72. The Morgan fingerprint density at radius 1 is 1.00 bits per heavy atom. The lowest BCUT2D eigenvalue weighted by Crippen LogP contribution is -1.92. The molecule has 0 bridgehead atoms. The number of halogens is 3. The zero-order valence-electron chi connectivity index (χ0n) is 9.01. The lowest BCUT2D eigenvalue weighted by atomic mass is 10.2. The van der Waals surface area contributed by atoms with Crippen LogP contribution in [-0.4, -0.2) is 0 Å². The number of hydrogen-bond acceptors (Lipinski definition) is 1. The number of ether oxygens (including phenoxy) is 1. The third-order valence-electron chi connectivity index (χ3n) is 2.20. The van der Waals surface area contributed by atoms with Gasteiger partial charge in [-0.1, -0.05) is 29.3 Å². The molecule has 0 aliphatic rings. The van der Waals surface area contributed by atoms with Crippen molar-refractivity contribution >= 4 is 11.6 Å². The van der Waals surface area contributed by atoms with Crippen LogP contribution in [-0.2, 0) is 0 Å². The first-order valence-electron chi connectivity index (χ1n) is 4.95. The molecule has 0 saturated carbocycles. The minimum absolute atomic E-state index is 0.00347. The molecule has 0 amide bonds. The molecule has 88 valence electrons. The van der Waals surface area contributed by atoms with Crippen LogP contribution in [0.3, 0.4) is 0 Å². The van der Waals surface area contributed by atoms with Crippen molar-refractivity contribution in [2.75, 3.05) is 0 Å². The third kappa shape index (κ3) is 2.74. The van der Waals surface area contributed by atoms with Crippen LogP contribution in [0.4, 0.5) is 8.78 Å². The Bertz CT molecular complexity index is 515. The average molecular weight is 255 g/mol. The summed E-state index contributed by atoms with van der Waals surface area (Å²) in [5.74, 6) is -1.72. The highest BCUT2D eigenvalue weighted by Crippen LogP contribution is 2.30. The van der Waals surface area contributed by atoms with E-state index in [1.165, 1.54) is 0 Å². The molecule has 0 aromatic heterocycles. The van der Waals surface area contributed by atoms with Crippen LogP contribution in [0.15, 0.2) is 36.4 Å². The summed E-state index contributed by atoms with van der Waals surface area (Å²) < 4.78 is 32.0. The molecule has 0 atom stereocenters. The average Bonchev–Trinajstić information content (AvgIpc) is 2.26. The highest BCUT2D eigenvalue weighted by molar-refractivity contribution is 6.30. The summed E-state index contributed by atoms with van der Waals surface area (Å²) in [6, 6.07) is 8.89. The fraction of sp³-hybridized carbons (Fsp3) is 0.0769. The largest absolute Gasteiger partial charge is 0.451 e. The van der Waals surface area contributed by atoms with Gasteiger partial charge in [-0.05, 0) is 31.2 Å². The Hall–Kier alpha value is -1.61. The van der Waals surface area contributed by atoms with Gasteiger partial charge in [0.05, 0.1) is 0 Å². The fourth-order valence-corrected chi connectivity index (χ4v) is 1.54. The molecule has 0 unspecified atom stereocenters. The van der Waals surface area contributed by atoms with Gasteiger partial charge in [-0.3, -0.25) is 0 Å². The van der Waals surface area contributed by atoms with E-state index in [2.05, 4.69) is 0 Å². The Kier molecular flexibility index (Phi) is 3.29. The minimum Gasteiger partial charge on any atom is -0.451 e. The summed E-state index contributed by atoms with van der Waals surface area (Å²) in [5.41, 5.74) is 1.04. The fourth-order valence-electron chi connectivity index (χ4n) is 1.35. The Balaban J connectivity index is 2.33. The van der Waals surface area contributed by atoms with Crippen LogP contribution < -0.4 is 4.74 Å². The zero-order valence-corrected chi connectivity index (χ0v) is 9.76. The quantitative estimate of drug-likeness (QED) is 0.754. The molecule has 2 aromatic carbocycles. The smallest absolute Gasteiger partial charge is 0.198 e. The first-order chi connectivity index (χ1) is 8.06. The maximum atomic E-state index is 13.4. The Labute approximate surface area is 103 Å².